The Morgan fingerprint density at radius 1 is 1.17 bits per heavy atom. The van der Waals surface area contributed by atoms with Gasteiger partial charge in [-0.05, 0) is 17.5 Å². The van der Waals surface area contributed by atoms with E-state index in [4.69, 9.17) is 0 Å². The lowest BCUT2D eigenvalue weighted by Crippen LogP contribution is -2.07. The number of benzene rings is 2. The monoisotopic (exact) mass is 322 g/mol. The van der Waals surface area contributed by atoms with Crippen molar-refractivity contribution in [3.8, 4) is 0 Å². The van der Waals surface area contributed by atoms with E-state index >= 15 is 0 Å². The number of fused-ring (bicyclic) bond motifs is 1. The number of hydrogen-bond acceptors (Lipinski definition) is 3. The fraction of sp³-hybridized carbons (Fsp3) is 0.211. The quantitative estimate of drug-likeness (QED) is 0.394. The van der Waals surface area contributed by atoms with Gasteiger partial charge in [-0.25, -0.2) is 0 Å². The molecule has 5 heteroatoms. The zero-order chi connectivity index (χ0) is 17.3. The van der Waals surface area contributed by atoms with Crippen LogP contribution < -0.4 is 0 Å². The second kappa shape index (κ2) is 6.28. The van der Waals surface area contributed by atoms with Gasteiger partial charge >= 0.3 is 0 Å². The molecule has 0 aliphatic rings. The molecule has 0 saturated carbocycles. The van der Waals surface area contributed by atoms with E-state index < -0.39 is 4.92 Å². The highest BCUT2D eigenvalue weighted by molar-refractivity contribution is 6.00. The Kier molecular flexibility index (Phi) is 4.16. The highest BCUT2D eigenvalue weighted by Crippen LogP contribution is 2.33. The molecule has 24 heavy (non-hydrogen) atoms. The molecular weight excluding hydrogens is 304 g/mol. The Morgan fingerprint density at radius 3 is 2.46 bits per heavy atom. The minimum Gasteiger partial charge on any atom is -0.339 e. The first-order chi connectivity index (χ1) is 11.5. The van der Waals surface area contributed by atoms with Crippen LogP contribution in [-0.2, 0) is 6.54 Å². The van der Waals surface area contributed by atoms with Crippen LogP contribution in [0.3, 0.4) is 0 Å². The zero-order valence-electron chi connectivity index (χ0n) is 13.6. The van der Waals surface area contributed by atoms with Crippen molar-refractivity contribution in [2.75, 3.05) is 0 Å². The van der Waals surface area contributed by atoms with Crippen LogP contribution in [0.4, 0.5) is 5.69 Å². The summed E-state index contributed by atoms with van der Waals surface area (Å²) in [6, 6.07) is 14.6. The number of nitro benzene ring substituents is 1. The molecule has 0 saturated heterocycles. The summed E-state index contributed by atoms with van der Waals surface area (Å²) in [6.07, 6.45) is 0.852. The summed E-state index contributed by atoms with van der Waals surface area (Å²) >= 11 is 0. The van der Waals surface area contributed by atoms with Gasteiger partial charge in [0.05, 0.1) is 10.4 Å². The maximum atomic E-state index is 11.7. The average molecular weight is 322 g/mol. The topological polar surface area (TPSA) is 65.1 Å². The van der Waals surface area contributed by atoms with Crippen LogP contribution in [0.1, 0.15) is 41.4 Å². The summed E-state index contributed by atoms with van der Waals surface area (Å²) < 4.78 is 2.02. The van der Waals surface area contributed by atoms with E-state index in [1.54, 1.807) is 12.1 Å². The lowest BCUT2D eigenvalue weighted by molar-refractivity contribution is -0.384. The van der Waals surface area contributed by atoms with Crippen LogP contribution in [0.2, 0.25) is 0 Å². The third-order valence-electron chi connectivity index (χ3n) is 4.19. The smallest absolute Gasteiger partial charge is 0.271 e. The molecule has 0 unspecified atom stereocenters. The van der Waals surface area contributed by atoms with Gasteiger partial charge < -0.3 is 4.57 Å². The third kappa shape index (κ3) is 2.69. The summed E-state index contributed by atoms with van der Waals surface area (Å²) in [4.78, 5) is 22.4. The highest BCUT2D eigenvalue weighted by Gasteiger charge is 2.21. The minimum atomic E-state index is -0.408. The van der Waals surface area contributed by atoms with Crippen molar-refractivity contribution in [1.82, 2.24) is 4.57 Å². The number of aromatic nitrogens is 1. The minimum absolute atomic E-state index is 0.0297. The molecule has 122 valence electrons. The first-order valence-corrected chi connectivity index (χ1v) is 7.82. The van der Waals surface area contributed by atoms with E-state index in [1.165, 1.54) is 6.07 Å². The molecule has 0 aliphatic carbocycles. The second-order valence-electron chi connectivity index (χ2n) is 6.10. The van der Waals surface area contributed by atoms with Gasteiger partial charge in [-0.2, -0.15) is 0 Å². The van der Waals surface area contributed by atoms with E-state index in [-0.39, 0.29) is 11.6 Å². The number of hydrogen-bond donors (Lipinski definition) is 0. The zero-order valence-corrected chi connectivity index (χ0v) is 13.6. The van der Waals surface area contributed by atoms with E-state index in [9.17, 15) is 14.9 Å². The van der Waals surface area contributed by atoms with Crippen LogP contribution in [0.15, 0.2) is 48.5 Å². The molecule has 5 nitrogen and oxygen atoms in total. The molecule has 0 aliphatic heterocycles. The normalized spacial score (nSPS) is 11.1. The Balaban J connectivity index is 2.30. The maximum Gasteiger partial charge on any atom is 0.271 e. The predicted octanol–water partition coefficient (Wildman–Crippen LogP) is 4.53. The molecule has 2 aromatic carbocycles. The molecule has 3 aromatic rings. The van der Waals surface area contributed by atoms with Gasteiger partial charge in [0.25, 0.3) is 5.69 Å². The van der Waals surface area contributed by atoms with Gasteiger partial charge in [0, 0.05) is 35.3 Å². The molecule has 0 N–H and O–H groups in total. The van der Waals surface area contributed by atoms with Crippen molar-refractivity contribution in [3.05, 3.63) is 75.5 Å². The Bertz CT molecular complexity index is 911. The van der Waals surface area contributed by atoms with Gasteiger partial charge in [-0.3, -0.25) is 14.9 Å². The number of aldehydes is 1. The van der Waals surface area contributed by atoms with E-state index in [0.717, 1.165) is 28.4 Å². The molecule has 1 heterocycles. The fourth-order valence-corrected chi connectivity index (χ4v) is 3.18. The number of nitrogens with zero attached hydrogens (tertiary/aromatic N) is 2. The molecule has 0 spiro atoms. The number of non-ortho nitro benzene ring substituents is 1. The Labute approximate surface area is 139 Å². The molecule has 0 bridgehead atoms. The van der Waals surface area contributed by atoms with Crippen LogP contribution in [-0.4, -0.2) is 15.8 Å². The molecule has 0 amide bonds. The molecule has 3 rings (SSSR count). The van der Waals surface area contributed by atoms with Gasteiger partial charge in [0.2, 0.25) is 0 Å². The number of nitro groups is 1. The number of rotatable bonds is 5. The molecule has 0 fully saturated rings. The van der Waals surface area contributed by atoms with Gasteiger partial charge in [-0.1, -0.05) is 44.2 Å². The standard InChI is InChI=1S/C19H18N2O3/c1-13(2)19-17(12-22)16-9-8-15(21(23)24)10-18(16)20(19)11-14-6-4-3-5-7-14/h3-10,12-13H,11H2,1-2H3. The molecule has 0 atom stereocenters. The van der Waals surface area contributed by atoms with Crippen molar-refractivity contribution in [3.63, 3.8) is 0 Å². The Morgan fingerprint density at radius 2 is 1.88 bits per heavy atom. The van der Waals surface area contributed by atoms with E-state index in [1.807, 2.05) is 48.7 Å². The van der Waals surface area contributed by atoms with Crippen LogP contribution in [0, 0.1) is 10.1 Å². The van der Waals surface area contributed by atoms with Crippen molar-refractivity contribution in [2.45, 2.75) is 26.3 Å². The first kappa shape index (κ1) is 15.9. The highest BCUT2D eigenvalue weighted by atomic mass is 16.6. The maximum absolute atomic E-state index is 11.7. The van der Waals surface area contributed by atoms with Gasteiger partial charge in [0.15, 0.2) is 6.29 Å². The summed E-state index contributed by atoms with van der Waals surface area (Å²) in [5.41, 5.74) is 3.36. The van der Waals surface area contributed by atoms with E-state index in [2.05, 4.69) is 0 Å². The number of carbonyl (C=O) groups excluding carboxylic acids is 1. The Hall–Kier alpha value is -2.95. The molecular formula is C19H18N2O3. The number of carbonyl (C=O) groups is 1. The summed E-state index contributed by atoms with van der Waals surface area (Å²) in [6.45, 7) is 4.62. The van der Waals surface area contributed by atoms with Crippen LogP contribution in [0.25, 0.3) is 10.9 Å². The van der Waals surface area contributed by atoms with Crippen molar-refractivity contribution < 1.29 is 9.72 Å². The lowest BCUT2D eigenvalue weighted by Gasteiger charge is -2.14. The van der Waals surface area contributed by atoms with Gasteiger partial charge in [0.1, 0.15) is 0 Å². The second-order valence-corrected chi connectivity index (χ2v) is 6.10. The summed E-state index contributed by atoms with van der Waals surface area (Å²) in [7, 11) is 0. The summed E-state index contributed by atoms with van der Waals surface area (Å²) in [5, 5.41) is 11.9. The van der Waals surface area contributed by atoms with Gasteiger partial charge in [-0.15, -0.1) is 0 Å². The SMILES string of the molecule is CC(C)c1c(C=O)c2ccc([N+](=O)[O-])cc2n1Cc1ccccc1. The third-order valence-corrected chi connectivity index (χ3v) is 4.19. The predicted molar refractivity (Wildman–Crippen MR) is 93.6 cm³/mol. The molecule has 0 radical (unpaired) electrons. The fourth-order valence-electron chi connectivity index (χ4n) is 3.18. The van der Waals surface area contributed by atoms with Crippen molar-refractivity contribution in [2.24, 2.45) is 0 Å². The lowest BCUT2D eigenvalue weighted by atomic mass is 10.0. The van der Waals surface area contributed by atoms with Crippen molar-refractivity contribution in [1.29, 1.82) is 0 Å². The molecule has 1 aromatic heterocycles. The van der Waals surface area contributed by atoms with Crippen LogP contribution in [0.5, 0.6) is 0 Å². The van der Waals surface area contributed by atoms with E-state index in [0.29, 0.717) is 12.1 Å². The largest absolute Gasteiger partial charge is 0.339 e. The summed E-state index contributed by atoms with van der Waals surface area (Å²) in [5.74, 6) is 0.125. The van der Waals surface area contributed by atoms with Crippen LogP contribution >= 0.6 is 0 Å². The first-order valence-electron chi connectivity index (χ1n) is 7.82. The average Bonchev–Trinajstić information content (AvgIpc) is 2.89. The van der Waals surface area contributed by atoms with Crippen molar-refractivity contribution >= 4 is 22.9 Å².